The minimum absolute atomic E-state index is 1.24. The summed E-state index contributed by atoms with van der Waals surface area (Å²) < 4.78 is 2.55. The van der Waals surface area contributed by atoms with Crippen molar-refractivity contribution in [3.8, 4) is 0 Å². The fraction of sp³-hybridized carbons (Fsp3) is 0. The highest BCUT2D eigenvalue weighted by Gasteiger charge is 1.97. The van der Waals surface area contributed by atoms with Crippen molar-refractivity contribution >= 4 is 33.6 Å². The van der Waals surface area contributed by atoms with E-state index in [1.165, 1.54) is 19.8 Å². The van der Waals surface area contributed by atoms with Gasteiger partial charge in [0.2, 0.25) is 0 Å². The molecule has 0 unspecified atom stereocenters. The molecule has 0 nitrogen and oxygen atoms in total. The van der Waals surface area contributed by atoms with E-state index in [1.54, 1.807) is 11.3 Å². The molecular formula is C14H12S. The number of allylic oxidation sites excluding steroid dienone is 2. The average Bonchev–Trinajstić information content (AvgIpc) is 2.59. The Balaban J connectivity index is 3.00. The summed E-state index contributed by atoms with van der Waals surface area (Å²) in [7, 11) is 0. The van der Waals surface area contributed by atoms with E-state index in [1.807, 2.05) is 24.3 Å². The highest BCUT2D eigenvalue weighted by molar-refractivity contribution is 7.17. The monoisotopic (exact) mass is 212 g/mol. The van der Waals surface area contributed by atoms with E-state index in [4.69, 9.17) is 0 Å². The van der Waals surface area contributed by atoms with E-state index in [-0.39, 0.29) is 0 Å². The molecule has 0 aliphatic rings. The van der Waals surface area contributed by atoms with Crippen LogP contribution in [0.3, 0.4) is 0 Å². The molecule has 0 saturated heterocycles. The fourth-order valence-corrected chi connectivity index (χ4v) is 2.73. The molecule has 15 heavy (non-hydrogen) atoms. The SMILES string of the molecule is C=C/C=c1\c(=C/C=C)sc2ccccc12. The first-order valence-electron chi connectivity index (χ1n) is 4.80. The Labute approximate surface area is 93.2 Å². The third-order valence-electron chi connectivity index (χ3n) is 2.22. The van der Waals surface area contributed by atoms with E-state index in [9.17, 15) is 0 Å². The molecule has 1 heterocycles. The minimum Gasteiger partial charge on any atom is -0.135 e. The van der Waals surface area contributed by atoms with E-state index in [0.29, 0.717) is 0 Å². The lowest BCUT2D eigenvalue weighted by atomic mass is 10.2. The van der Waals surface area contributed by atoms with Gasteiger partial charge >= 0.3 is 0 Å². The summed E-state index contributed by atoms with van der Waals surface area (Å²) in [6, 6.07) is 8.41. The van der Waals surface area contributed by atoms with Crippen molar-refractivity contribution in [2.75, 3.05) is 0 Å². The van der Waals surface area contributed by atoms with Crippen molar-refractivity contribution in [1.82, 2.24) is 0 Å². The first-order chi connectivity index (χ1) is 7.36. The Hall–Kier alpha value is -1.60. The van der Waals surface area contributed by atoms with Crippen LogP contribution in [0.25, 0.3) is 22.2 Å². The van der Waals surface area contributed by atoms with Gasteiger partial charge in [0, 0.05) is 19.8 Å². The summed E-state index contributed by atoms with van der Waals surface area (Å²) in [4.78, 5) is 0. The molecular weight excluding hydrogens is 200 g/mol. The molecule has 0 N–H and O–H groups in total. The molecule has 0 atom stereocenters. The molecule has 0 radical (unpaired) electrons. The Morgan fingerprint density at radius 3 is 2.47 bits per heavy atom. The zero-order valence-corrected chi connectivity index (χ0v) is 9.26. The first-order valence-corrected chi connectivity index (χ1v) is 5.61. The smallest absolute Gasteiger partial charge is 0.0355 e. The largest absolute Gasteiger partial charge is 0.135 e. The quantitative estimate of drug-likeness (QED) is 0.718. The molecule has 1 heteroatoms. The minimum atomic E-state index is 1.24. The molecule has 0 fully saturated rings. The number of fused-ring (bicyclic) bond motifs is 1. The normalized spacial score (nSPS) is 13.3. The molecule has 0 aliphatic carbocycles. The van der Waals surface area contributed by atoms with Crippen LogP contribution in [0.4, 0.5) is 0 Å². The van der Waals surface area contributed by atoms with Gasteiger partial charge in [-0.3, -0.25) is 0 Å². The molecule has 2 rings (SSSR count). The Morgan fingerprint density at radius 1 is 1.00 bits per heavy atom. The third-order valence-corrected chi connectivity index (χ3v) is 3.37. The Kier molecular flexibility index (Phi) is 2.84. The number of benzene rings is 1. The number of hydrogen-bond donors (Lipinski definition) is 0. The molecule has 1 aromatic heterocycles. The second kappa shape index (κ2) is 4.28. The number of thiophene rings is 1. The van der Waals surface area contributed by atoms with Gasteiger partial charge in [0.25, 0.3) is 0 Å². The van der Waals surface area contributed by atoms with Crippen molar-refractivity contribution in [3.63, 3.8) is 0 Å². The van der Waals surface area contributed by atoms with Gasteiger partial charge in [-0.1, -0.05) is 49.6 Å². The molecule has 0 spiro atoms. The van der Waals surface area contributed by atoms with E-state index >= 15 is 0 Å². The van der Waals surface area contributed by atoms with Crippen molar-refractivity contribution < 1.29 is 0 Å². The van der Waals surface area contributed by atoms with Crippen LogP contribution in [0.5, 0.6) is 0 Å². The predicted molar refractivity (Wildman–Crippen MR) is 70.4 cm³/mol. The van der Waals surface area contributed by atoms with Crippen molar-refractivity contribution in [1.29, 1.82) is 0 Å². The zero-order valence-electron chi connectivity index (χ0n) is 8.44. The van der Waals surface area contributed by atoms with Gasteiger partial charge in [-0.05, 0) is 12.1 Å². The number of hydrogen-bond acceptors (Lipinski definition) is 1. The second-order valence-corrected chi connectivity index (χ2v) is 4.26. The van der Waals surface area contributed by atoms with Crippen LogP contribution in [0, 0.1) is 0 Å². The van der Waals surface area contributed by atoms with Gasteiger partial charge in [0.05, 0.1) is 0 Å². The Morgan fingerprint density at radius 2 is 1.73 bits per heavy atom. The maximum Gasteiger partial charge on any atom is 0.0355 e. The maximum atomic E-state index is 3.75. The lowest BCUT2D eigenvalue weighted by molar-refractivity contribution is 1.75. The van der Waals surface area contributed by atoms with E-state index in [2.05, 4.69) is 37.4 Å². The second-order valence-electron chi connectivity index (χ2n) is 3.18. The van der Waals surface area contributed by atoms with E-state index in [0.717, 1.165) is 0 Å². The molecule has 0 saturated carbocycles. The highest BCUT2D eigenvalue weighted by atomic mass is 32.1. The van der Waals surface area contributed by atoms with Gasteiger partial charge in [-0.15, -0.1) is 11.3 Å². The lowest BCUT2D eigenvalue weighted by Crippen LogP contribution is -2.17. The van der Waals surface area contributed by atoms with Crippen LogP contribution in [0.1, 0.15) is 0 Å². The van der Waals surface area contributed by atoms with Crippen LogP contribution in [0.2, 0.25) is 0 Å². The molecule has 0 aliphatic heterocycles. The average molecular weight is 212 g/mol. The standard InChI is InChI=1S/C14H12S/c1-3-7-11-12-9-5-6-10-14(12)15-13(11)8-4-2/h3-10H,1-2H2/b11-7-,13-8+. The van der Waals surface area contributed by atoms with Gasteiger partial charge < -0.3 is 0 Å². The van der Waals surface area contributed by atoms with Gasteiger partial charge in [0.1, 0.15) is 0 Å². The zero-order chi connectivity index (χ0) is 10.7. The summed E-state index contributed by atoms with van der Waals surface area (Å²) in [6.07, 6.45) is 7.74. The summed E-state index contributed by atoms with van der Waals surface area (Å²) >= 11 is 1.78. The molecule has 74 valence electrons. The fourth-order valence-electron chi connectivity index (χ4n) is 1.60. The predicted octanol–water partition coefficient (Wildman–Crippen LogP) is 2.83. The van der Waals surface area contributed by atoms with Crippen LogP contribution in [-0.2, 0) is 0 Å². The van der Waals surface area contributed by atoms with E-state index < -0.39 is 0 Å². The van der Waals surface area contributed by atoms with Crippen molar-refractivity contribution in [2.24, 2.45) is 0 Å². The molecule has 1 aromatic carbocycles. The number of rotatable bonds is 2. The van der Waals surface area contributed by atoms with Gasteiger partial charge in [-0.25, -0.2) is 0 Å². The lowest BCUT2D eigenvalue weighted by Gasteiger charge is -1.85. The van der Waals surface area contributed by atoms with Crippen LogP contribution >= 0.6 is 11.3 Å². The van der Waals surface area contributed by atoms with Crippen LogP contribution in [0.15, 0.2) is 49.6 Å². The summed E-state index contributed by atoms with van der Waals surface area (Å²) in [6.45, 7) is 7.49. The summed E-state index contributed by atoms with van der Waals surface area (Å²) in [5.74, 6) is 0. The summed E-state index contributed by atoms with van der Waals surface area (Å²) in [5.41, 5.74) is 0. The summed E-state index contributed by atoms with van der Waals surface area (Å²) in [5, 5.41) is 2.53. The van der Waals surface area contributed by atoms with Gasteiger partial charge in [-0.2, -0.15) is 0 Å². The molecule has 2 aromatic rings. The first kappa shape index (κ1) is 9.94. The van der Waals surface area contributed by atoms with Crippen LogP contribution < -0.4 is 9.75 Å². The van der Waals surface area contributed by atoms with Crippen molar-refractivity contribution in [3.05, 3.63) is 59.3 Å². The maximum absolute atomic E-state index is 3.75. The third kappa shape index (κ3) is 1.79. The van der Waals surface area contributed by atoms with Crippen LogP contribution in [-0.4, -0.2) is 0 Å². The van der Waals surface area contributed by atoms with Gasteiger partial charge in [0.15, 0.2) is 0 Å². The highest BCUT2D eigenvalue weighted by Crippen LogP contribution is 2.11. The molecule has 0 bridgehead atoms. The topological polar surface area (TPSA) is 0 Å². The molecule has 0 amide bonds. The Bertz CT molecular complexity index is 614. The van der Waals surface area contributed by atoms with Crippen molar-refractivity contribution in [2.45, 2.75) is 0 Å².